The normalized spacial score (nSPS) is 22.2. The molecule has 3 aliphatic rings. The van der Waals surface area contributed by atoms with E-state index >= 15 is 4.39 Å². The average Bonchev–Trinajstić information content (AvgIpc) is 3.79. The summed E-state index contributed by atoms with van der Waals surface area (Å²) in [7, 11) is 2.06. The predicted octanol–water partition coefficient (Wildman–Crippen LogP) is 3.66. The number of anilines is 1. The molecule has 3 N–H and O–H groups in total. The van der Waals surface area contributed by atoms with E-state index in [-0.39, 0.29) is 35.9 Å². The van der Waals surface area contributed by atoms with E-state index in [4.69, 9.17) is 0 Å². The lowest BCUT2D eigenvalue weighted by Gasteiger charge is -2.36. The van der Waals surface area contributed by atoms with Crippen molar-refractivity contribution >= 4 is 29.3 Å². The van der Waals surface area contributed by atoms with Crippen LogP contribution in [-0.2, 0) is 20.9 Å². The molecule has 12 heteroatoms. The molecule has 1 aromatic heterocycles. The number of amides is 4. The summed E-state index contributed by atoms with van der Waals surface area (Å²) in [6, 6.07) is 4.91. The van der Waals surface area contributed by atoms with E-state index in [0.29, 0.717) is 30.4 Å². The van der Waals surface area contributed by atoms with Crippen LogP contribution in [0.4, 0.5) is 10.1 Å². The zero-order valence-corrected chi connectivity index (χ0v) is 27.4. The number of rotatable bonds is 11. The van der Waals surface area contributed by atoms with Crippen molar-refractivity contribution < 1.29 is 23.6 Å². The molecule has 4 amide bonds. The van der Waals surface area contributed by atoms with E-state index in [1.54, 1.807) is 29.9 Å². The first-order valence-electron chi connectivity index (χ1n) is 16.9. The number of hydrogen-bond acceptors (Lipinski definition) is 6. The molecule has 5 rings (SSSR count). The Bertz CT molecular complexity index is 1420. The first-order chi connectivity index (χ1) is 22.1. The molecule has 0 radical (unpaired) electrons. The first-order valence-corrected chi connectivity index (χ1v) is 16.9. The summed E-state index contributed by atoms with van der Waals surface area (Å²) in [5.41, 5.74) is 0.896. The van der Waals surface area contributed by atoms with Crippen LogP contribution in [0.5, 0.6) is 0 Å². The Balaban J connectivity index is 1.33. The second kappa shape index (κ2) is 14.7. The van der Waals surface area contributed by atoms with Crippen LogP contribution in [0.1, 0.15) is 94.1 Å². The Kier molecular flexibility index (Phi) is 10.8. The number of halogens is 1. The van der Waals surface area contributed by atoms with Gasteiger partial charge in [0.05, 0.1) is 5.69 Å². The molecule has 0 spiro atoms. The predicted molar refractivity (Wildman–Crippen MR) is 173 cm³/mol. The minimum atomic E-state index is -0.844. The Morgan fingerprint density at radius 2 is 1.74 bits per heavy atom. The van der Waals surface area contributed by atoms with Crippen LogP contribution in [0.15, 0.2) is 30.5 Å². The lowest BCUT2D eigenvalue weighted by Crippen LogP contribution is -2.55. The monoisotopic (exact) mass is 637 g/mol. The zero-order valence-electron chi connectivity index (χ0n) is 27.4. The molecule has 2 aliphatic carbocycles. The maximum absolute atomic E-state index is 15.7. The number of fused-ring (bicyclic) bond motifs is 1. The van der Waals surface area contributed by atoms with Gasteiger partial charge in [0.25, 0.3) is 5.91 Å². The van der Waals surface area contributed by atoms with Crippen molar-refractivity contribution in [2.24, 2.45) is 5.92 Å². The summed E-state index contributed by atoms with van der Waals surface area (Å²) in [6.07, 6.45) is 8.35. The summed E-state index contributed by atoms with van der Waals surface area (Å²) in [5.74, 6) is -2.51. The van der Waals surface area contributed by atoms with Crippen molar-refractivity contribution in [1.29, 1.82) is 0 Å². The number of benzene rings is 1. The number of carbonyl (C=O) groups excluding carboxylic acids is 4. The molecule has 1 aliphatic heterocycles. The third-order valence-electron chi connectivity index (χ3n) is 10.0. The fourth-order valence-corrected chi connectivity index (χ4v) is 7.06. The molecule has 2 saturated carbocycles. The molecule has 0 bridgehead atoms. The van der Waals surface area contributed by atoms with Crippen molar-refractivity contribution in [2.45, 2.75) is 109 Å². The standard InChI is InChI=1S/C34H48FN7O4/c1-5-29(43)38-30(34(46)41-18-17-40(4)27-20-28(27)41)21(3)23-13-14-25(24(35)19-23)37-33(45)31(22-11-9-7-8-10-12-22)39-32(44)26-15-16-36-42(26)6-2/h13-16,19,21-22,27-28,30-31H,5-12,17-18,20H2,1-4H3,(H,37,45)(H,38,43)(H,39,44)/t21-,27-,28+,30+,31-/m0/s1. The van der Waals surface area contributed by atoms with Crippen LogP contribution < -0.4 is 16.0 Å². The number of likely N-dealkylation sites (N-methyl/N-ethyl adjacent to an activating group) is 1. The number of nitrogens with one attached hydrogen (secondary N) is 3. The Hall–Kier alpha value is -3.80. The molecular formula is C34H48FN7O4. The first kappa shape index (κ1) is 33.6. The fraction of sp³-hybridized carbons (Fsp3) is 0.618. The van der Waals surface area contributed by atoms with Crippen LogP contribution in [0.3, 0.4) is 0 Å². The summed E-state index contributed by atoms with van der Waals surface area (Å²) in [4.78, 5) is 57.4. The minimum Gasteiger partial charge on any atom is -0.344 e. The van der Waals surface area contributed by atoms with E-state index in [1.165, 1.54) is 12.1 Å². The zero-order chi connectivity index (χ0) is 33.0. The molecule has 1 aromatic carbocycles. The molecule has 46 heavy (non-hydrogen) atoms. The number of carbonyl (C=O) groups is 4. The van der Waals surface area contributed by atoms with Gasteiger partial charge < -0.3 is 20.9 Å². The fourth-order valence-electron chi connectivity index (χ4n) is 7.06. The van der Waals surface area contributed by atoms with Crippen LogP contribution in [0.25, 0.3) is 0 Å². The highest BCUT2D eigenvalue weighted by molar-refractivity contribution is 6.00. The van der Waals surface area contributed by atoms with Crippen molar-refractivity contribution in [3.63, 3.8) is 0 Å². The van der Waals surface area contributed by atoms with Gasteiger partial charge in [0.2, 0.25) is 17.7 Å². The second-order valence-electron chi connectivity index (χ2n) is 13.0. The highest BCUT2D eigenvalue weighted by Gasteiger charge is 2.50. The van der Waals surface area contributed by atoms with E-state index < -0.39 is 35.6 Å². The third kappa shape index (κ3) is 7.43. The van der Waals surface area contributed by atoms with Crippen molar-refractivity contribution in [1.82, 2.24) is 30.2 Å². The summed E-state index contributed by atoms with van der Waals surface area (Å²) < 4.78 is 17.3. The smallest absolute Gasteiger partial charge is 0.270 e. The van der Waals surface area contributed by atoms with Gasteiger partial charge in [0, 0.05) is 50.3 Å². The highest BCUT2D eigenvalue weighted by Crippen LogP contribution is 2.37. The molecule has 3 fully saturated rings. The molecule has 250 valence electrons. The Morgan fingerprint density at radius 3 is 2.41 bits per heavy atom. The Labute approximate surface area is 270 Å². The SMILES string of the molecule is CCC(=O)N[C@@H](C(=O)N1CCN(C)[C@H]2C[C@H]21)[C@@H](C)c1ccc(NC(=O)[C@@H](NC(=O)c2ccnn2CC)C2CCCCCC2)c(F)c1. The van der Waals surface area contributed by atoms with Crippen molar-refractivity contribution in [3.8, 4) is 0 Å². The minimum absolute atomic E-state index is 0.00668. The summed E-state index contributed by atoms with van der Waals surface area (Å²) in [5, 5.41) is 12.7. The maximum atomic E-state index is 15.7. The molecule has 2 heterocycles. The summed E-state index contributed by atoms with van der Waals surface area (Å²) in [6.45, 7) is 7.29. The molecule has 2 aromatic rings. The Morgan fingerprint density at radius 1 is 1.00 bits per heavy atom. The van der Waals surface area contributed by atoms with Gasteiger partial charge in [-0.1, -0.05) is 45.6 Å². The molecule has 11 nitrogen and oxygen atoms in total. The number of nitrogens with zero attached hydrogens (tertiary/aromatic N) is 4. The summed E-state index contributed by atoms with van der Waals surface area (Å²) >= 11 is 0. The van der Waals surface area contributed by atoms with Gasteiger partial charge in [-0.3, -0.25) is 28.8 Å². The number of piperazine rings is 1. The number of aromatic nitrogens is 2. The van der Waals surface area contributed by atoms with Gasteiger partial charge in [-0.2, -0.15) is 5.10 Å². The number of aryl methyl sites for hydroxylation is 1. The van der Waals surface area contributed by atoms with Gasteiger partial charge in [0.1, 0.15) is 23.6 Å². The van der Waals surface area contributed by atoms with Crippen LogP contribution in [-0.4, -0.2) is 87.5 Å². The lowest BCUT2D eigenvalue weighted by molar-refractivity contribution is -0.138. The van der Waals surface area contributed by atoms with E-state index in [0.717, 1.165) is 51.5 Å². The van der Waals surface area contributed by atoms with Gasteiger partial charge in [-0.05, 0) is 62.9 Å². The van der Waals surface area contributed by atoms with Gasteiger partial charge in [-0.15, -0.1) is 0 Å². The average molecular weight is 638 g/mol. The molecule has 5 atom stereocenters. The quantitative estimate of drug-likeness (QED) is 0.323. The number of hydrogen-bond donors (Lipinski definition) is 3. The van der Waals surface area contributed by atoms with Crippen LogP contribution in [0, 0.1) is 11.7 Å². The topological polar surface area (TPSA) is 129 Å². The lowest BCUT2D eigenvalue weighted by atomic mass is 9.90. The van der Waals surface area contributed by atoms with Gasteiger partial charge in [0.15, 0.2) is 0 Å². The van der Waals surface area contributed by atoms with Crippen molar-refractivity contribution in [2.75, 3.05) is 25.5 Å². The second-order valence-corrected chi connectivity index (χ2v) is 13.0. The van der Waals surface area contributed by atoms with Crippen molar-refractivity contribution in [3.05, 3.63) is 47.5 Å². The largest absolute Gasteiger partial charge is 0.344 e. The van der Waals surface area contributed by atoms with E-state index in [9.17, 15) is 19.2 Å². The molecular weight excluding hydrogens is 589 g/mol. The van der Waals surface area contributed by atoms with Crippen LogP contribution >= 0.6 is 0 Å². The van der Waals surface area contributed by atoms with Gasteiger partial charge in [-0.25, -0.2) is 4.39 Å². The van der Waals surface area contributed by atoms with E-state index in [1.807, 2.05) is 18.7 Å². The third-order valence-corrected chi connectivity index (χ3v) is 10.0. The molecule has 0 unspecified atom stereocenters. The highest BCUT2D eigenvalue weighted by atomic mass is 19.1. The molecule has 1 saturated heterocycles. The maximum Gasteiger partial charge on any atom is 0.270 e. The van der Waals surface area contributed by atoms with Gasteiger partial charge >= 0.3 is 0 Å². The van der Waals surface area contributed by atoms with E-state index in [2.05, 4.69) is 33.0 Å². The van der Waals surface area contributed by atoms with Crippen LogP contribution in [0.2, 0.25) is 0 Å².